The van der Waals surface area contributed by atoms with Crippen LogP contribution in [0.1, 0.15) is 0 Å². The zero-order valence-electron chi connectivity index (χ0n) is 10.9. The monoisotopic (exact) mass is 281 g/mol. The number of anilines is 1. The molecule has 8 heteroatoms. The third-order valence-electron chi connectivity index (χ3n) is 3.22. The molecule has 0 aromatic heterocycles. The molecule has 108 valence electrons. The highest BCUT2D eigenvalue weighted by molar-refractivity contribution is 5.81. The van der Waals surface area contributed by atoms with Gasteiger partial charge in [-0.15, -0.1) is 0 Å². The van der Waals surface area contributed by atoms with Gasteiger partial charge < -0.3 is 20.1 Å². The fourth-order valence-electron chi connectivity index (χ4n) is 2.23. The number of hydrogen-bond acceptors (Lipinski definition) is 6. The predicted octanol–water partition coefficient (Wildman–Crippen LogP) is 0.466. The van der Waals surface area contributed by atoms with E-state index in [1.807, 2.05) is 0 Å². The molecule has 2 rings (SSSR count). The van der Waals surface area contributed by atoms with E-state index in [4.69, 9.17) is 4.74 Å². The van der Waals surface area contributed by atoms with Crippen molar-refractivity contribution in [2.24, 2.45) is 0 Å². The van der Waals surface area contributed by atoms with E-state index in [1.165, 1.54) is 24.1 Å². The van der Waals surface area contributed by atoms with Gasteiger partial charge in [0.05, 0.1) is 18.1 Å². The maximum Gasteiger partial charge on any atom is 0.327 e. The molecule has 1 atom stereocenters. The predicted molar refractivity (Wildman–Crippen MR) is 71.3 cm³/mol. The van der Waals surface area contributed by atoms with Gasteiger partial charge in [0.15, 0.2) is 0 Å². The Hall–Kier alpha value is -2.35. The lowest BCUT2D eigenvalue weighted by Gasteiger charge is -2.34. The van der Waals surface area contributed by atoms with E-state index in [0.29, 0.717) is 24.5 Å². The molecule has 0 bridgehead atoms. The Labute approximate surface area is 115 Å². The largest absolute Gasteiger partial charge is 0.496 e. The van der Waals surface area contributed by atoms with Crippen LogP contribution in [-0.2, 0) is 4.79 Å². The van der Waals surface area contributed by atoms with Crippen LogP contribution in [0.15, 0.2) is 18.2 Å². The maximum atomic E-state index is 11.3. The molecule has 0 saturated carbocycles. The van der Waals surface area contributed by atoms with Gasteiger partial charge in [-0.3, -0.25) is 10.1 Å². The molecule has 0 radical (unpaired) electrons. The Bertz CT molecular complexity index is 534. The number of methoxy groups -OCH3 is 1. The van der Waals surface area contributed by atoms with E-state index >= 15 is 0 Å². The van der Waals surface area contributed by atoms with Crippen LogP contribution in [0.3, 0.4) is 0 Å². The summed E-state index contributed by atoms with van der Waals surface area (Å²) >= 11 is 0. The smallest absolute Gasteiger partial charge is 0.327 e. The second kappa shape index (κ2) is 5.74. The summed E-state index contributed by atoms with van der Waals surface area (Å²) in [7, 11) is 1.42. The summed E-state index contributed by atoms with van der Waals surface area (Å²) in [6, 6.07) is 3.59. The number of carboxylic acid groups (broad SMARTS) is 1. The summed E-state index contributed by atoms with van der Waals surface area (Å²) in [5, 5.41) is 23.4. The second-order valence-corrected chi connectivity index (χ2v) is 4.36. The highest BCUT2D eigenvalue weighted by Crippen LogP contribution is 2.33. The molecular weight excluding hydrogens is 266 g/mol. The second-order valence-electron chi connectivity index (χ2n) is 4.36. The van der Waals surface area contributed by atoms with Crippen LogP contribution in [0.4, 0.5) is 11.4 Å². The van der Waals surface area contributed by atoms with Crippen LogP contribution in [0.2, 0.25) is 0 Å². The molecule has 1 aromatic carbocycles. The minimum Gasteiger partial charge on any atom is -0.496 e. The number of nitrogens with one attached hydrogen (secondary N) is 1. The number of carboxylic acids is 1. The van der Waals surface area contributed by atoms with E-state index in [0.717, 1.165) is 0 Å². The summed E-state index contributed by atoms with van der Waals surface area (Å²) in [6.45, 7) is 1.22. The SMILES string of the molecule is COc1ccc(N2CCNCC2C(=O)O)c([N+](=O)[O-])c1. The maximum absolute atomic E-state index is 11.3. The number of carbonyl (C=O) groups is 1. The van der Waals surface area contributed by atoms with E-state index < -0.39 is 16.9 Å². The summed E-state index contributed by atoms with van der Waals surface area (Å²) in [4.78, 5) is 23.4. The average Bonchev–Trinajstić information content (AvgIpc) is 2.46. The van der Waals surface area contributed by atoms with Crippen molar-refractivity contribution in [3.05, 3.63) is 28.3 Å². The Balaban J connectivity index is 2.44. The van der Waals surface area contributed by atoms with Crippen molar-refractivity contribution >= 4 is 17.3 Å². The lowest BCUT2D eigenvalue weighted by molar-refractivity contribution is -0.384. The van der Waals surface area contributed by atoms with Crippen LogP contribution in [0.5, 0.6) is 5.75 Å². The van der Waals surface area contributed by atoms with Crippen LogP contribution in [-0.4, -0.2) is 48.8 Å². The van der Waals surface area contributed by atoms with Crippen LogP contribution >= 0.6 is 0 Å². The van der Waals surface area contributed by atoms with Crippen molar-refractivity contribution in [2.75, 3.05) is 31.6 Å². The summed E-state index contributed by atoms with van der Waals surface area (Å²) in [5.74, 6) is -0.648. The fourth-order valence-corrected chi connectivity index (χ4v) is 2.23. The van der Waals surface area contributed by atoms with Crippen molar-refractivity contribution < 1.29 is 19.6 Å². The van der Waals surface area contributed by atoms with Crippen LogP contribution in [0, 0.1) is 10.1 Å². The lowest BCUT2D eigenvalue weighted by atomic mass is 10.1. The van der Waals surface area contributed by atoms with Crippen molar-refractivity contribution in [1.29, 1.82) is 0 Å². The van der Waals surface area contributed by atoms with Crippen LogP contribution in [0.25, 0.3) is 0 Å². The molecule has 1 saturated heterocycles. The summed E-state index contributed by atoms with van der Waals surface area (Å²) < 4.78 is 4.97. The van der Waals surface area contributed by atoms with E-state index in [-0.39, 0.29) is 12.2 Å². The first kappa shape index (κ1) is 14.1. The van der Waals surface area contributed by atoms with E-state index in [9.17, 15) is 20.0 Å². The number of benzene rings is 1. The Kier molecular flexibility index (Phi) is 4.04. The van der Waals surface area contributed by atoms with Crippen molar-refractivity contribution in [3.8, 4) is 5.75 Å². The van der Waals surface area contributed by atoms with Gasteiger partial charge in [0.25, 0.3) is 5.69 Å². The molecule has 1 heterocycles. The molecule has 0 aliphatic carbocycles. The molecule has 1 unspecified atom stereocenters. The molecule has 0 amide bonds. The lowest BCUT2D eigenvalue weighted by Crippen LogP contribution is -2.55. The Morgan fingerprint density at radius 1 is 1.60 bits per heavy atom. The van der Waals surface area contributed by atoms with Crippen molar-refractivity contribution in [3.63, 3.8) is 0 Å². The minimum absolute atomic E-state index is 0.155. The first-order chi connectivity index (χ1) is 9.54. The zero-order valence-corrected chi connectivity index (χ0v) is 10.9. The number of nitro groups is 1. The number of rotatable bonds is 4. The van der Waals surface area contributed by atoms with Gasteiger partial charge in [0.1, 0.15) is 17.5 Å². The molecule has 1 aliphatic rings. The standard InChI is InChI=1S/C12H15N3O5/c1-20-8-2-3-9(10(6-8)15(18)19)14-5-4-13-7-11(14)12(16)17/h2-3,6,11,13H,4-5,7H2,1H3,(H,16,17). The quantitative estimate of drug-likeness (QED) is 0.610. The Morgan fingerprint density at radius 3 is 2.95 bits per heavy atom. The number of nitro benzene ring substituents is 1. The normalized spacial score (nSPS) is 18.6. The van der Waals surface area contributed by atoms with E-state index in [2.05, 4.69) is 5.32 Å². The topological polar surface area (TPSA) is 105 Å². The van der Waals surface area contributed by atoms with Gasteiger partial charge in [-0.2, -0.15) is 0 Å². The first-order valence-electron chi connectivity index (χ1n) is 6.07. The van der Waals surface area contributed by atoms with Gasteiger partial charge in [-0.25, -0.2) is 4.79 Å². The number of piperazine rings is 1. The molecule has 8 nitrogen and oxygen atoms in total. The zero-order chi connectivity index (χ0) is 14.7. The minimum atomic E-state index is -1.01. The Morgan fingerprint density at radius 2 is 2.35 bits per heavy atom. The summed E-state index contributed by atoms with van der Waals surface area (Å²) in [6.07, 6.45) is 0. The number of aliphatic carboxylic acids is 1. The van der Waals surface area contributed by atoms with Gasteiger partial charge in [0.2, 0.25) is 0 Å². The molecule has 20 heavy (non-hydrogen) atoms. The highest BCUT2D eigenvalue weighted by atomic mass is 16.6. The number of ether oxygens (including phenoxy) is 1. The summed E-state index contributed by atoms with van der Waals surface area (Å²) in [5.41, 5.74) is 0.141. The van der Waals surface area contributed by atoms with Crippen molar-refractivity contribution in [2.45, 2.75) is 6.04 Å². The highest BCUT2D eigenvalue weighted by Gasteiger charge is 2.32. The molecule has 1 aromatic rings. The third kappa shape index (κ3) is 2.64. The van der Waals surface area contributed by atoms with Gasteiger partial charge in [-0.05, 0) is 12.1 Å². The average molecular weight is 281 g/mol. The molecule has 0 spiro atoms. The number of nitrogens with zero attached hydrogens (tertiary/aromatic N) is 2. The van der Waals surface area contributed by atoms with Crippen molar-refractivity contribution in [1.82, 2.24) is 5.32 Å². The molecule has 1 fully saturated rings. The van der Waals surface area contributed by atoms with E-state index in [1.54, 1.807) is 6.07 Å². The first-order valence-corrected chi connectivity index (χ1v) is 6.07. The third-order valence-corrected chi connectivity index (χ3v) is 3.22. The van der Waals surface area contributed by atoms with Gasteiger partial charge >= 0.3 is 5.97 Å². The van der Waals surface area contributed by atoms with Crippen LogP contribution < -0.4 is 15.0 Å². The fraction of sp³-hybridized carbons (Fsp3) is 0.417. The molecule has 1 aliphatic heterocycles. The molecular formula is C12H15N3O5. The van der Waals surface area contributed by atoms with Gasteiger partial charge in [0, 0.05) is 19.6 Å². The van der Waals surface area contributed by atoms with Gasteiger partial charge in [-0.1, -0.05) is 0 Å². The molecule has 2 N–H and O–H groups in total. The number of hydrogen-bond donors (Lipinski definition) is 2.